The SMILES string of the molecule is COc1ccc([N+](=O)[O-])cc1CCC(Br)C1CC1. The Kier molecular flexibility index (Phi) is 4.22. The predicted molar refractivity (Wildman–Crippen MR) is 73.4 cm³/mol. The van der Waals surface area contributed by atoms with Crippen molar-refractivity contribution in [3.8, 4) is 5.75 Å². The topological polar surface area (TPSA) is 52.4 Å². The van der Waals surface area contributed by atoms with Crippen LogP contribution in [0.5, 0.6) is 5.75 Å². The summed E-state index contributed by atoms with van der Waals surface area (Å²) in [6.45, 7) is 0. The van der Waals surface area contributed by atoms with Gasteiger partial charge in [0.05, 0.1) is 12.0 Å². The molecule has 0 spiro atoms. The van der Waals surface area contributed by atoms with Crippen LogP contribution in [-0.2, 0) is 6.42 Å². The highest BCUT2D eigenvalue weighted by molar-refractivity contribution is 9.09. The number of aryl methyl sites for hydroxylation is 1. The van der Waals surface area contributed by atoms with E-state index in [1.165, 1.54) is 18.9 Å². The number of hydrogen-bond acceptors (Lipinski definition) is 3. The van der Waals surface area contributed by atoms with E-state index in [4.69, 9.17) is 4.74 Å². The van der Waals surface area contributed by atoms with Crippen LogP contribution in [0.3, 0.4) is 0 Å². The van der Waals surface area contributed by atoms with E-state index in [1.54, 1.807) is 19.2 Å². The molecule has 1 fully saturated rings. The molecule has 2 rings (SSSR count). The molecule has 0 aromatic heterocycles. The lowest BCUT2D eigenvalue weighted by atomic mass is 10.0. The number of hydrogen-bond donors (Lipinski definition) is 0. The van der Waals surface area contributed by atoms with E-state index in [0.717, 1.165) is 30.1 Å². The first-order valence-corrected chi connectivity index (χ1v) is 6.98. The van der Waals surface area contributed by atoms with Crippen LogP contribution in [0.4, 0.5) is 5.69 Å². The highest BCUT2D eigenvalue weighted by Gasteiger charge is 2.29. The molecule has 0 N–H and O–H groups in total. The van der Waals surface area contributed by atoms with Crippen LogP contribution in [0.25, 0.3) is 0 Å². The highest BCUT2D eigenvalue weighted by atomic mass is 79.9. The van der Waals surface area contributed by atoms with Crippen molar-refractivity contribution in [2.24, 2.45) is 5.92 Å². The van der Waals surface area contributed by atoms with Gasteiger partial charge in [0.25, 0.3) is 5.69 Å². The van der Waals surface area contributed by atoms with Gasteiger partial charge in [-0.2, -0.15) is 0 Å². The lowest BCUT2D eigenvalue weighted by molar-refractivity contribution is -0.384. The predicted octanol–water partition coefficient (Wildman–Crippen LogP) is 3.71. The summed E-state index contributed by atoms with van der Waals surface area (Å²) in [5, 5.41) is 10.8. The summed E-state index contributed by atoms with van der Waals surface area (Å²) in [6, 6.07) is 4.77. The van der Waals surface area contributed by atoms with Gasteiger partial charge in [-0.15, -0.1) is 0 Å². The lowest BCUT2D eigenvalue weighted by Crippen LogP contribution is -2.04. The fraction of sp³-hybridized carbons (Fsp3) is 0.538. The first kappa shape index (κ1) is 13.3. The standard InChI is InChI=1S/C13H16BrNO3/c1-18-13-7-5-11(15(16)17)8-10(13)4-6-12(14)9-2-3-9/h5,7-9,12H,2-4,6H2,1H3. The Balaban J connectivity index is 2.07. The van der Waals surface area contributed by atoms with Crippen molar-refractivity contribution >= 4 is 21.6 Å². The van der Waals surface area contributed by atoms with Crippen molar-refractivity contribution in [3.05, 3.63) is 33.9 Å². The summed E-state index contributed by atoms with van der Waals surface area (Å²) in [4.78, 5) is 10.9. The molecule has 0 radical (unpaired) electrons. The monoisotopic (exact) mass is 313 g/mol. The third-order valence-corrected chi connectivity index (χ3v) is 4.50. The van der Waals surface area contributed by atoms with Crippen LogP contribution in [0.1, 0.15) is 24.8 Å². The molecule has 0 saturated heterocycles. The largest absolute Gasteiger partial charge is 0.496 e. The number of benzene rings is 1. The van der Waals surface area contributed by atoms with Gasteiger partial charge < -0.3 is 4.74 Å². The lowest BCUT2D eigenvalue weighted by Gasteiger charge is -2.11. The average molecular weight is 314 g/mol. The number of alkyl halides is 1. The Hall–Kier alpha value is -1.10. The first-order chi connectivity index (χ1) is 8.61. The maximum atomic E-state index is 10.8. The zero-order chi connectivity index (χ0) is 13.1. The van der Waals surface area contributed by atoms with Gasteiger partial charge >= 0.3 is 0 Å². The number of nitrogens with zero attached hydrogens (tertiary/aromatic N) is 1. The molecular weight excluding hydrogens is 298 g/mol. The minimum absolute atomic E-state index is 0.128. The Morgan fingerprint density at radius 3 is 2.83 bits per heavy atom. The third kappa shape index (κ3) is 3.22. The number of ether oxygens (including phenoxy) is 1. The smallest absolute Gasteiger partial charge is 0.269 e. The molecule has 5 heteroatoms. The summed E-state index contributed by atoms with van der Waals surface area (Å²) in [6.07, 6.45) is 4.38. The second kappa shape index (κ2) is 5.69. The van der Waals surface area contributed by atoms with Crippen molar-refractivity contribution in [1.82, 2.24) is 0 Å². The second-order valence-corrected chi connectivity index (χ2v) is 5.82. The minimum Gasteiger partial charge on any atom is -0.496 e. The zero-order valence-electron chi connectivity index (χ0n) is 10.3. The fourth-order valence-corrected chi connectivity index (χ4v) is 2.82. The van der Waals surface area contributed by atoms with E-state index in [2.05, 4.69) is 15.9 Å². The van der Waals surface area contributed by atoms with Crippen LogP contribution in [-0.4, -0.2) is 16.9 Å². The molecule has 1 aromatic carbocycles. The maximum Gasteiger partial charge on any atom is 0.269 e. The number of methoxy groups -OCH3 is 1. The van der Waals surface area contributed by atoms with Gasteiger partial charge in [-0.25, -0.2) is 0 Å². The number of non-ortho nitro benzene ring substituents is 1. The molecule has 98 valence electrons. The van der Waals surface area contributed by atoms with Crippen molar-refractivity contribution in [2.75, 3.05) is 7.11 Å². The normalized spacial score (nSPS) is 16.3. The molecule has 1 aliphatic rings. The van der Waals surface area contributed by atoms with Crippen molar-refractivity contribution < 1.29 is 9.66 Å². The molecule has 1 aromatic rings. The summed E-state index contributed by atoms with van der Waals surface area (Å²) in [5.41, 5.74) is 1.04. The van der Waals surface area contributed by atoms with Crippen LogP contribution in [0, 0.1) is 16.0 Å². The quantitative estimate of drug-likeness (QED) is 0.457. The van der Waals surface area contributed by atoms with Crippen LogP contribution in [0.15, 0.2) is 18.2 Å². The average Bonchev–Trinajstić information content (AvgIpc) is 3.19. The maximum absolute atomic E-state index is 10.8. The molecule has 0 aliphatic heterocycles. The van der Waals surface area contributed by atoms with E-state index < -0.39 is 0 Å². The van der Waals surface area contributed by atoms with E-state index in [0.29, 0.717) is 4.83 Å². The summed E-state index contributed by atoms with van der Waals surface area (Å²) in [7, 11) is 1.59. The van der Waals surface area contributed by atoms with Gasteiger partial charge in [0, 0.05) is 22.5 Å². The van der Waals surface area contributed by atoms with Crippen LogP contribution >= 0.6 is 15.9 Å². The molecule has 0 amide bonds. The summed E-state index contributed by atoms with van der Waals surface area (Å²) < 4.78 is 5.25. The van der Waals surface area contributed by atoms with Gasteiger partial charge in [-0.3, -0.25) is 10.1 Å². The number of nitro benzene ring substituents is 1. The Morgan fingerprint density at radius 1 is 1.56 bits per heavy atom. The molecule has 18 heavy (non-hydrogen) atoms. The first-order valence-electron chi connectivity index (χ1n) is 6.07. The molecule has 4 nitrogen and oxygen atoms in total. The highest BCUT2D eigenvalue weighted by Crippen LogP contribution is 2.39. The van der Waals surface area contributed by atoms with Crippen molar-refractivity contribution in [2.45, 2.75) is 30.5 Å². The van der Waals surface area contributed by atoms with E-state index in [-0.39, 0.29) is 10.6 Å². The Bertz CT molecular complexity index is 446. The van der Waals surface area contributed by atoms with Crippen molar-refractivity contribution in [1.29, 1.82) is 0 Å². The zero-order valence-corrected chi connectivity index (χ0v) is 11.9. The van der Waals surface area contributed by atoms with Gasteiger partial charge in [-0.05, 0) is 37.7 Å². The number of halogens is 1. The minimum atomic E-state index is -0.366. The van der Waals surface area contributed by atoms with E-state index in [1.807, 2.05) is 0 Å². The number of rotatable bonds is 6. The molecule has 1 aliphatic carbocycles. The summed E-state index contributed by atoms with van der Waals surface area (Å²) in [5.74, 6) is 1.52. The molecule has 1 unspecified atom stereocenters. The molecule has 0 bridgehead atoms. The Labute approximate surface area is 115 Å². The molecule has 1 atom stereocenters. The summed E-state index contributed by atoms with van der Waals surface area (Å²) >= 11 is 3.68. The third-order valence-electron chi connectivity index (χ3n) is 3.30. The van der Waals surface area contributed by atoms with Gasteiger partial charge in [0.1, 0.15) is 5.75 Å². The van der Waals surface area contributed by atoms with Gasteiger partial charge in [-0.1, -0.05) is 15.9 Å². The second-order valence-electron chi connectivity index (χ2n) is 4.65. The van der Waals surface area contributed by atoms with Crippen molar-refractivity contribution in [3.63, 3.8) is 0 Å². The Morgan fingerprint density at radius 2 is 2.28 bits per heavy atom. The van der Waals surface area contributed by atoms with Crippen LogP contribution < -0.4 is 4.74 Å². The molecule has 0 heterocycles. The van der Waals surface area contributed by atoms with E-state index >= 15 is 0 Å². The van der Waals surface area contributed by atoms with E-state index in [9.17, 15) is 10.1 Å². The molecular formula is C13H16BrNO3. The molecule has 1 saturated carbocycles. The van der Waals surface area contributed by atoms with Gasteiger partial charge in [0.15, 0.2) is 0 Å². The van der Waals surface area contributed by atoms with Crippen LogP contribution in [0.2, 0.25) is 0 Å². The number of nitro groups is 1. The van der Waals surface area contributed by atoms with Gasteiger partial charge in [0.2, 0.25) is 0 Å². The fourth-order valence-electron chi connectivity index (χ4n) is 2.06.